The first-order chi connectivity index (χ1) is 15.5. The number of carbonyl (C=O) groups excluding carboxylic acids is 3. The molecule has 162 valence electrons. The fraction of sp³-hybridized carbons (Fsp3) is 0.217. The molecule has 0 radical (unpaired) electrons. The molecular weight excluding hydrogens is 412 g/mol. The molecule has 0 unspecified atom stereocenters. The minimum Gasteiger partial charge on any atom is -0.494 e. The van der Waals surface area contributed by atoms with E-state index in [0.717, 1.165) is 0 Å². The highest BCUT2D eigenvalue weighted by molar-refractivity contribution is 6.00. The van der Waals surface area contributed by atoms with Gasteiger partial charge in [0.05, 0.1) is 35.6 Å². The quantitative estimate of drug-likeness (QED) is 0.677. The number of benzene rings is 2. The number of hydrogen-bond donors (Lipinski definition) is 2. The van der Waals surface area contributed by atoms with Crippen LogP contribution in [-0.4, -0.2) is 42.6 Å². The van der Waals surface area contributed by atoms with E-state index >= 15 is 0 Å². The summed E-state index contributed by atoms with van der Waals surface area (Å²) in [4.78, 5) is 39.3. The van der Waals surface area contributed by atoms with E-state index in [0.29, 0.717) is 34.9 Å². The van der Waals surface area contributed by atoms with Crippen molar-refractivity contribution in [1.82, 2.24) is 10.2 Å². The molecule has 2 aromatic carbocycles. The molecule has 3 amide bonds. The minimum atomic E-state index is -0.748. The molecule has 4 rings (SSSR count). The average molecular weight is 432 g/mol. The number of esters is 1. The van der Waals surface area contributed by atoms with Crippen LogP contribution in [0.15, 0.2) is 59.8 Å². The van der Waals surface area contributed by atoms with E-state index in [9.17, 15) is 14.4 Å². The summed E-state index contributed by atoms with van der Waals surface area (Å²) in [5.74, 6) is -0.478. The van der Waals surface area contributed by atoms with E-state index in [2.05, 4.69) is 10.6 Å². The summed E-state index contributed by atoms with van der Waals surface area (Å²) in [6.07, 6.45) is 0. The summed E-state index contributed by atoms with van der Waals surface area (Å²) in [6.45, 7) is 1.84. The van der Waals surface area contributed by atoms with Gasteiger partial charge in [-0.1, -0.05) is 24.3 Å². The maximum atomic E-state index is 12.9. The molecule has 0 fully saturated rings. The lowest BCUT2D eigenvalue weighted by molar-refractivity contribution is -0.136. The molecule has 32 heavy (non-hydrogen) atoms. The third-order valence-corrected chi connectivity index (χ3v) is 5.11. The summed E-state index contributed by atoms with van der Waals surface area (Å²) >= 11 is 0. The summed E-state index contributed by atoms with van der Waals surface area (Å²) in [6, 6.07) is 14.3. The van der Waals surface area contributed by atoms with Crippen LogP contribution in [0, 0.1) is 11.3 Å². The van der Waals surface area contributed by atoms with Gasteiger partial charge in [-0.05, 0) is 31.2 Å². The fourth-order valence-corrected chi connectivity index (χ4v) is 3.73. The van der Waals surface area contributed by atoms with Gasteiger partial charge >= 0.3 is 12.0 Å². The van der Waals surface area contributed by atoms with Crippen LogP contribution < -0.4 is 15.4 Å². The Labute approximate surface area is 184 Å². The Morgan fingerprint density at radius 1 is 1.28 bits per heavy atom. The van der Waals surface area contributed by atoms with Crippen molar-refractivity contribution >= 4 is 23.6 Å². The van der Waals surface area contributed by atoms with Gasteiger partial charge in [0.15, 0.2) is 0 Å². The second-order valence-corrected chi connectivity index (χ2v) is 7.12. The number of anilines is 1. The van der Waals surface area contributed by atoms with Crippen molar-refractivity contribution in [2.75, 3.05) is 25.1 Å². The lowest BCUT2D eigenvalue weighted by atomic mass is 9.95. The Hall–Kier alpha value is -4.32. The third kappa shape index (κ3) is 3.98. The van der Waals surface area contributed by atoms with Crippen LogP contribution in [0.3, 0.4) is 0 Å². The van der Waals surface area contributed by atoms with E-state index in [1.807, 2.05) is 13.0 Å². The van der Waals surface area contributed by atoms with E-state index in [1.165, 1.54) is 11.0 Å². The summed E-state index contributed by atoms with van der Waals surface area (Å²) in [5, 5.41) is 14.5. The Bertz CT molecular complexity index is 1170. The Morgan fingerprint density at radius 3 is 2.88 bits per heavy atom. The number of rotatable bonds is 6. The zero-order chi connectivity index (χ0) is 22.7. The molecule has 0 bridgehead atoms. The predicted molar refractivity (Wildman–Crippen MR) is 113 cm³/mol. The molecule has 0 spiro atoms. The highest BCUT2D eigenvalue weighted by Crippen LogP contribution is 2.38. The average Bonchev–Trinajstić information content (AvgIpc) is 3.18. The number of cyclic esters (lactones) is 1. The van der Waals surface area contributed by atoms with E-state index in [1.54, 1.807) is 42.5 Å². The van der Waals surface area contributed by atoms with Gasteiger partial charge in [-0.2, -0.15) is 5.26 Å². The minimum absolute atomic E-state index is 0.105. The molecule has 2 aliphatic rings. The summed E-state index contributed by atoms with van der Waals surface area (Å²) in [7, 11) is 0. The number of ether oxygens (including phenoxy) is 2. The molecule has 1 atom stereocenters. The van der Waals surface area contributed by atoms with Crippen molar-refractivity contribution in [2.45, 2.75) is 13.0 Å². The first-order valence-electron chi connectivity index (χ1n) is 10.0. The molecule has 0 saturated carbocycles. The van der Waals surface area contributed by atoms with E-state index < -0.39 is 23.9 Å². The van der Waals surface area contributed by atoms with Gasteiger partial charge in [-0.15, -0.1) is 0 Å². The van der Waals surface area contributed by atoms with Crippen molar-refractivity contribution in [2.24, 2.45) is 0 Å². The Balaban J connectivity index is 1.61. The predicted octanol–water partition coefficient (Wildman–Crippen LogP) is 2.47. The van der Waals surface area contributed by atoms with Crippen molar-refractivity contribution in [3.63, 3.8) is 0 Å². The second-order valence-electron chi connectivity index (χ2n) is 7.12. The molecule has 0 saturated heterocycles. The number of nitrogens with one attached hydrogen (secondary N) is 2. The first-order valence-corrected chi connectivity index (χ1v) is 10.0. The number of amides is 3. The molecule has 9 nitrogen and oxygen atoms in total. The van der Waals surface area contributed by atoms with Crippen LogP contribution in [0.2, 0.25) is 0 Å². The van der Waals surface area contributed by atoms with Crippen LogP contribution >= 0.6 is 0 Å². The molecule has 2 N–H and O–H groups in total. The largest absolute Gasteiger partial charge is 0.494 e. The van der Waals surface area contributed by atoms with Gasteiger partial charge in [0.1, 0.15) is 18.9 Å². The smallest absolute Gasteiger partial charge is 0.338 e. The van der Waals surface area contributed by atoms with Crippen molar-refractivity contribution in [3.8, 4) is 11.8 Å². The number of para-hydroxylation sites is 1. The SMILES string of the molecule is CCOc1ccccc1[C@H]1NC(=O)N(CC(=O)Nc2cccc(C#N)c2)C2=C1C(=O)OC2. The zero-order valence-corrected chi connectivity index (χ0v) is 17.3. The number of urea groups is 1. The third-order valence-electron chi connectivity index (χ3n) is 5.11. The zero-order valence-electron chi connectivity index (χ0n) is 17.3. The van der Waals surface area contributed by atoms with Crippen LogP contribution in [-0.2, 0) is 14.3 Å². The lowest BCUT2D eigenvalue weighted by Gasteiger charge is -2.33. The molecule has 0 aromatic heterocycles. The fourth-order valence-electron chi connectivity index (χ4n) is 3.73. The number of nitrogens with zero attached hydrogens (tertiary/aromatic N) is 2. The van der Waals surface area contributed by atoms with Crippen LogP contribution in [0.25, 0.3) is 0 Å². The topological polar surface area (TPSA) is 121 Å². The molecule has 2 heterocycles. The summed E-state index contributed by atoms with van der Waals surface area (Å²) in [5.41, 5.74) is 2.08. The van der Waals surface area contributed by atoms with Gasteiger partial charge in [0, 0.05) is 11.3 Å². The van der Waals surface area contributed by atoms with Crippen LogP contribution in [0.1, 0.15) is 24.1 Å². The van der Waals surface area contributed by atoms with Gasteiger partial charge in [-0.3, -0.25) is 9.69 Å². The second kappa shape index (κ2) is 8.81. The number of carbonyl (C=O) groups is 3. The Morgan fingerprint density at radius 2 is 2.09 bits per heavy atom. The van der Waals surface area contributed by atoms with Crippen LogP contribution in [0.4, 0.5) is 10.5 Å². The maximum Gasteiger partial charge on any atom is 0.338 e. The van der Waals surface area contributed by atoms with E-state index in [-0.39, 0.29) is 18.7 Å². The van der Waals surface area contributed by atoms with Crippen LogP contribution in [0.5, 0.6) is 5.75 Å². The highest BCUT2D eigenvalue weighted by atomic mass is 16.5. The molecule has 2 aromatic rings. The van der Waals surface area contributed by atoms with E-state index in [4.69, 9.17) is 14.7 Å². The van der Waals surface area contributed by atoms with Gasteiger partial charge in [0.2, 0.25) is 5.91 Å². The first kappa shape index (κ1) is 20.9. The molecule has 9 heteroatoms. The standard InChI is InChI=1S/C23H20N4O5/c1-2-31-18-9-4-3-8-16(18)21-20-17(13-32-22(20)29)27(23(30)26-21)12-19(28)25-15-7-5-6-14(10-15)11-24/h3-10,21H,2,12-13H2,1H3,(H,25,28)(H,26,30)/t21-/m1/s1. The normalized spacial score (nSPS) is 17.2. The molecule has 0 aliphatic carbocycles. The lowest BCUT2D eigenvalue weighted by Crippen LogP contribution is -2.49. The number of hydrogen-bond acceptors (Lipinski definition) is 6. The maximum absolute atomic E-state index is 12.9. The summed E-state index contributed by atoms with van der Waals surface area (Å²) < 4.78 is 10.9. The monoisotopic (exact) mass is 432 g/mol. The highest BCUT2D eigenvalue weighted by Gasteiger charge is 2.43. The van der Waals surface area contributed by atoms with Gasteiger partial charge < -0.3 is 20.1 Å². The molecular formula is C23H20N4O5. The van der Waals surface area contributed by atoms with Crippen molar-refractivity contribution < 1.29 is 23.9 Å². The Kier molecular flexibility index (Phi) is 5.77. The van der Waals surface area contributed by atoms with Gasteiger partial charge in [0.25, 0.3) is 0 Å². The van der Waals surface area contributed by atoms with Crippen molar-refractivity contribution in [1.29, 1.82) is 5.26 Å². The van der Waals surface area contributed by atoms with Gasteiger partial charge in [-0.25, -0.2) is 9.59 Å². The molecule has 2 aliphatic heterocycles. The van der Waals surface area contributed by atoms with Crippen molar-refractivity contribution in [3.05, 3.63) is 70.9 Å². The number of nitriles is 1.